The average molecular weight is 339 g/mol. The lowest BCUT2D eigenvalue weighted by molar-refractivity contribution is -0.118. The van der Waals surface area contributed by atoms with Crippen LogP contribution < -0.4 is 10.3 Å². The fraction of sp³-hybridized carbons (Fsp3) is 0.211. The summed E-state index contributed by atoms with van der Waals surface area (Å²) in [5.41, 5.74) is 3.16. The van der Waals surface area contributed by atoms with E-state index in [0.29, 0.717) is 11.4 Å². The van der Waals surface area contributed by atoms with E-state index in [1.165, 1.54) is 23.2 Å². The van der Waals surface area contributed by atoms with Crippen molar-refractivity contribution in [3.63, 3.8) is 0 Å². The third-order valence-electron chi connectivity index (χ3n) is 3.97. The number of hydrogen-bond acceptors (Lipinski definition) is 3. The molecule has 0 aromatic heterocycles. The summed E-state index contributed by atoms with van der Waals surface area (Å²) in [6.07, 6.45) is 0.449. The van der Waals surface area contributed by atoms with E-state index < -0.39 is 11.7 Å². The highest BCUT2D eigenvalue weighted by molar-refractivity contribution is 6.44. The largest absolute Gasteiger partial charge is 0.321 e. The Labute approximate surface area is 145 Å². The van der Waals surface area contributed by atoms with Crippen molar-refractivity contribution < 1.29 is 14.0 Å². The molecule has 0 aliphatic carbocycles. The predicted molar refractivity (Wildman–Crippen MR) is 95.1 cm³/mol. The van der Waals surface area contributed by atoms with Crippen molar-refractivity contribution in [2.24, 2.45) is 5.10 Å². The molecule has 0 saturated carbocycles. The van der Waals surface area contributed by atoms with Crippen LogP contribution in [0.4, 0.5) is 15.8 Å². The molecule has 0 fully saturated rings. The molecule has 6 heteroatoms. The SMILES string of the molecule is Cc1ccc(C)c(N2N=C(C(=O)Nc3cccc(F)c3)CCC2=O)c1. The van der Waals surface area contributed by atoms with Crippen LogP contribution in [0.3, 0.4) is 0 Å². The number of aryl methyl sites for hydroxylation is 2. The molecule has 1 heterocycles. The van der Waals surface area contributed by atoms with Gasteiger partial charge in [-0.3, -0.25) is 9.59 Å². The second-order valence-corrected chi connectivity index (χ2v) is 6.01. The van der Waals surface area contributed by atoms with Crippen LogP contribution in [0.1, 0.15) is 24.0 Å². The number of halogens is 1. The summed E-state index contributed by atoms with van der Waals surface area (Å²) < 4.78 is 13.2. The summed E-state index contributed by atoms with van der Waals surface area (Å²) in [5.74, 6) is -1.03. The molecule has 2 aromatic rings. The quantitative estimate of drug-likeness (QED) is 0.929. The number of carbonyl (C=O) groups is 2. The molecule has 0 unspecified atom stereocenters. The van der Waals surface area contributed by atoms with Crippen LogP contribution in [0.25, 0.3) is 0 Å². The van der Waals surface area contributed by atoms with Crippen molar-refractivity contribution in [3.8, 4) is 0 Å². The Morgan fingerprint density at radius 1 is 1.16 bits per heavy atom. The molecule has 2 aromatic carbocycles. The number of hydrogen-bond donors (Lipinski definition) is 1. The Hall–Kier alpha value is -3.02. The van der Waals surface area contributed by atoms with E-state index in [0.717, 1.165) is 11.1 Å². The van der Waals surface area contributed by atoms with Gasteiger partial charge >= 0.3 is 0 Å². The van der Waals surface area contributed by atoms with Gasteiger partial charge in [-0.2, -0.15) is 5.10 Å². The van der Waals surface area contributed by atoms with E-state index in [-0.39, 0.29) is 24.5 Å². The Kier molecular flexibility index (Phi) is 4.61. The number of rotatable bonds is 3. The minimum absolute atomic E-state index is 0.156. The molecule has 1 aliphatic heterocycles. The number of anilines is 2. The molecule has 1 aliphatic rings. The molecule has 0 bridgehead atoms. The van der Waals surface area contributed by atoms with Gasteiger partial charge in [-0.25, -0.2) is 9.40 Å². The molecule has 5 nitrogen and oxygen atoms in total. The maximum absolute atomic E-state index is 13.2. The van der Waals surface area contributed by atoms with Gasteiger partial charge in [-0.05, 0) is 49.2 Å². The summed E-state index contributed by atoms with van der Waals surface area (Å²) in [6, 6.07) is 11.4. The lowest BCUT2D eigenvalue weighted by atomic mass is 10.1. The van der Waals surface area contributed by atoms with E-state index in [2.05, 4.69) is 10.4 Å². The number of amides is 2. The minimum atomic E-state index is -0.437. The molecule has 0 saturated heterocycles. The Morgan fingerprint density at radius 2 is 1.96 bits per heavy atom. The molecular formula is C19H18FN3O2. The predicted octanol–water partition coefficient (Wildman–Crippen LogP) is 3.56. The van der Waals surface area contributed by atoms with Crippen molar-refractivity contribution in [2.75, 3.05) is 10.3 Å². The van der Waals surface area contributed by atoms with Gasteiger partial charge in [-0.1, -0.05) is 18.2 Å². The second kappa shape index (κ2) is 6.84. The van der Waals surface area contributed by atoms with E-state index in [1.807, 2.05) is 32.0 Å². The van der Waals surface area contributed by atoms with E-state index in [4.69, 9.17) is 0 Å². The second-order valence-electron chi connectivity index (χ2n) is 6.01. The van der Waals surface area contributed by atoms with Gasteiger partial charge in [0.25, 0.3) is 5.91 Å². The third kappa shape index (κ3) is 3.74. The number of nitrogens with zero attached hydrogens (tertiary/aromatic N) is 2. The monoisotopic (exact) mass is 339 g/mol. The van der Waals surface area contributed by atoms with Crippen LogP contribution in [0.15, 0.2) is 47.6 Å². The van der Waals surface area contributed by atoms with Crippen molar-refractivity contribution in [1.82, 2.24) is 0 Å². The molecule has 0 spiro atoms. The highest BCUT2D eigenvalue weighted by Gasteiger charge is 2.26. The first-order valence-electron chi connectivity index (χ1n) is 7.98. The number of carbonyl (C=O) groups excluding carboxylic acids is 2. The smallest absolute Gasteiger partial charge is 0.271 e. The van der Waals surface area contributed by atoms with Crippen LogP contribution in [0.5, 0.6) is 0 Å². The Morgan fingerprint density at radius 3 is 2.72 bits per heavy atom. The van der Waals surface area contributed by atoms with Crippen LogP contribution in [-0.2, 0) is 9.59 Å². The first kappa shape index (κ1) is 16.8. The fourth-order valence-electron chi connectivity index (χ4n) is 2.62. The van der Waals surface area contributed by atoms with Crippen molar-refractivity contribution in [2.45, 2.75) is 26.7 Å². The first-order valence-corrected chi connectivity index (χ1v) is 7.98. The molecule has 0 atom stereocenters. The number of hydrazone groups is 1. The molecule has 1 N–H and O–H groups in total. The zero-order chi connectivity index (χ0) is 18.0. The van der Waals surface area contributed by atoms with Gasteiger partial charge in [0.2, 0.25) is 5.91 Å². The lowest BCUT2D eigenvalue weighted by Gasteiger charge is -2.24. The highest BCUT2D eigenvalue weighted by Crippen LogP contribution is 2.25. The molecular weight excluding hydrogens is 321 g/mol. The van der Waals surface area contributed by atoms with Gasteiger partial charge in [0, 0.05) is 18.5 Å². The molecule has 2 amide bonds. The molecule has 128 valence electrons. The zero-order valence-electron chi connectivity index (χ0n) is 14.0. The van der Waals surface area contributed by atoms with Crippen LogP contribution >= 0.6 is 0 Å². The zero-order valence-corrected chi connectivity index (χ0v) is 14.0. The van der Waals surface area contributed by atoms with Gasteiger partial charge in [0.05, 0.1) is 5.69 Å². The fourth-order valence-corrected chi connectivity index (χ4v) is 2.62. The summed E-state index contributed by atoms with van der Waals surface area (Å²) in [6.45, 7) is 3.82. The molecule has 0 radical (unpaired) electrons. The van der Waals surface area contributed by atoms with Crippen LogP contribution in [-0.4, -0.2) is 17.5 Å². The van der Waals surface area contributed by atoms with Crippen LogP contribution in [0.2, 0.25) is 0 Å². The standard InChI is InChI=1S/C19H18FN3O2/c1-12-6-7-13(2)17(10-12)23-18(24)9-8-16(22-23)19(25)21-15-5-3-4-14(20)11-15/h3-7,10-11H,8-9H2,1-2H3,(H,21,25). The normalized spacial score (nSPS) is 14.3. The number of benzene rings is 2. The summed E-state index contributed by atoms with van der Waals surface area (Å²) in [4.78, 5) is 24.7. The first-order chi connectivity index (χ1) is 11.9. The van der Waals surface area contributed by atoms with Crippen molar-refractivity contribution >= 4 is 28.9 Å². The van der Waals surface area contributed by atoms with Gasteiger partial charge in [0.15, 0.2) is 0 Å². The van der Waals surface area contributed by atoms with E-state index >= 15 is 0 Å². The highest BCUT2D eigenvalue weighted by atomic mass is 19.1. The Balaban J connectivity index is 1.87. The lowest BCUT2D eigenvalue weighted by Crippen LogP contribution is -2.36. The van der Waals surface area contributed by atoms with Crippen molar-refractivity contribution in [1.29, 1.82) is 0 Å². The van der Waals surface area contributed by atoms with E-state index in [1.54, 1.807) is 6.07 Å². The maximum atomic E-state index is 13.2. The van der Waals surface area contributed by atoms with Gasteiger partial charge < -0.3 is 5.32 Å². The third-order valence-corrected chi connectivity index (χ3v) is 3.97. The average Bonchev–Trinajstić information content (AvgIpc) is 2.57. The molecule has 3 rings (SSSR count). The number of nitrogens with one attached hydrogen (secondary N) is 1. The topological polar surface area (TPSA) is 61.8 Å². The van der Waals surface area contributed by atoms with E-state index in [9.17, 15) is 14.0 Å². The van der Waals surface area contributed by atoms with Gasteiger partial charge in [0.1, 0.15) is 11.5 Å². The van der Waals surface area contributed by atoms with Crippen molar-refractivity contribution in [3.05, 3.63) is 59.4 Å². The summed E-state index contributed by atoms with van der Waals surface area (Å²) in [5, 5.41) is 8.15. The van der Waals surface area contributed by atoms with Gasteiger partial charge in [-0.15, -0.1) is 0 Å². The summed E-state index contributed by atoms with van der Waals surface area (Å²) in [7, 11) is 0. The maximum Gasteiger partial charge on any atom is 0.271 e. The minimum Gasteiger partial charge on any atom is -0.321 e. The Bertz CT molecular complexity index is 877. The molecule has 25 heavy (non-hydrogen) atoms. The summed E-state index contributed by atoms with van der Waals surface area (Å²) >= 11 is 0. The van der Waals surface area contributed by atoms with Crippen LogP contribution in [0, 0.1) is 19.7 Å².